The van der Waals surface area contributed by atoms with Crippen molar-refractivity contribution < 1.29 is 9.50 Å². The van der Waals surface area contributed by atoms with Gasteiger partial charge >= 0.3 is 0 Å². The third-order valence-corrected chi connectivity index (χ3v) is 6.99. The second-order valence-corrected chi connectivity index (χ2v) is 9.39. The third-order valence-electron chi connectivity index (χ3n) is 6.99. The molecule has 4 rings (SSSR count). The minimum absolute atomic E-state index is 0.00805. The zero-order chi connectivity index (χ0) is 22.4. The summed E-state index contributed by atoms with van der Waals surface area (Å²) in [5, 5.41) is 21.8. The van der Waals surface area contributed by atoms with Gasteiger partial charge in [0, 0.05) is 47.4 Å². The summed E-state index contributed by atoms with van der Waals surface area (Å²) in [4.78, 5) is 7.21. The Hall–Kier alpha value is -2.51. The van der Waals surface area contributed by atoms with Gasteiger partial charge in [0.2, 0.25) is 0 Å². The van der Waals surface area contributed by atoms with Gasteiger partial charge in [-0.15, -0.1) is 0 Å². The maximum Gasteiger partial charge on any atom is 0.182 e. The molecule has 1 aliphatic rings. The molecule has 1 fully saturated rings. The first-order chi connectivity index (χ1) is 14.7. The summed E-state index contributed by atoms with van der Waals surface area (Å²) >= 11 is 0. The highest BCUT2D eigenvalue weighted by atomic mass is 19.1. The van der Waals surface area contributed by atoms with E-state index >= 15 is 0 Å². The highest BCUT2D eigenvalue weighted by Gasteiger charge is 2.41. The fraction of sp³-hybridized carbons (Fsp3) is 0.500. The van der Waals surface area contributed by atoms with E-state index in [1.165, 1.54) is 12.1 Å². The summed E-state index contributed by atoms with van der Waals surface area (Å²) in [5.74, 6) is -1.02. The molecule has 2 aromatic heterocycles. The smallest absolute Gasteiger partial charge is 0.182 e. The number of phenolic OH excluding ortho intramolecular Hbond substituents is 1. The zero-order valence-electron chi connectivity index (χ0n) is 19.0. The van der Waals surface area contributed by atoms with Crippen LogP contribution in [0.5, 0.6) is 5.75 Å². The number of piperazine rings is 1. The topological polar surface area (TPSA) is 77.1 Å². The Morgan fingerprint density at radius 3 is 2.61 bits per heavy atom. The SMILES string of the molecule is CCC1(CC)CN(Cc2cc(-c3ccc(O)c(F)c3)nc3n[nH]c(C)c23)C(C)(C)CN1. The largest absolute Gasteiger partial charge is 0.505 e. The van der Waals surface area contributed by atoms with Gasteiger partial charge in [0.15, 0.2) is 17.2 Å². The first kappa shape index (κ1) is 21.7. The van der Waals surface area contributed by atoms with Crippen LogP contribution in [0.4, 0.5) is 4.39 Å². The number of rotatable bonds is 5. The number of pyridine rings is 1. The number of aryl methyl sites for hydroxylation is 1. The number of nitrogens with one attached hydrogen (secondary N) is 2. The molecule has 0 spiro atoms. The lowest BCUT2D eigenvalue weighted by Gasteiger charge is -2.52. The van der Waals surface area contributed by atoms with Crippen molar-refractivity contribution in [3.63, 3.8) is 0 Å². The average Bonchev–Trinajstić information content (AvgIpc) is 3.13. The molecule has 1 aliphatic heterocycles. The average molecular weight is 426 g/mol. The summed E-state index contributed by atoms with van der Waals surface area (Å²) in [7, 11) is 0. The Balaban J connectivity index is 1.78. The van der Waals surface area contributed by atoms with Crippen LogP contribution in [0.1, 0.15) is 51.8 Å². The fourth-order valence-corrected chi connectivity index (χ4v) is 4.55. The molecule has 0 radical (unpaired) electrons. The van der Waals surface area contributed by atoms with E-state index in [1.807, 2.05) is 13.0 Å². The fourth-order valence-electron chi connectivity index (χ4n) is 4.55. The molecule has 0 saturated carbocycles. The first-order valence-corrected chi connectivity index (χ1v) is 11.0. The molecule has 3 heterocycles. The molecule has 0 aliphatic carbocycles. The van der Waals surface area contributed by atoms with Crippen LogP contribution >= 0.6 is 0 Å². The van der Waals surface area contributed by atoms with Crippen molar-refractivity contribution in [2.75, 3.05) is 13.1 Å². The number of benzene rings is 1. The molecule has 0 atom stereocenters. The van der Waals surface area contributed by atoms with Gasteiger partial charge in [-0.1, -0.05) is 13.8 Å². The van der Waals surface area contributed by atoms with Crippen LogP contribution in [0.3, 0.4) is 0 Å². The lowest BCUT2D eigenvalue weighted by atomic mass is 9.84. The maximum atomic E-state index is 14.0. The zero-order valence-corrected chi connectivity index (χ0v) is 19.0. The number of halogens is 1. The van der Waals surface area contributed by atoms with Gasteiger partial charge in [0.05, 0.1) is 5.69 Å². The maximum absolute atomic E-state index is 14.0. The van der Waals surface area contributed by atoms with E-state index in [0.29, 0.717) is 16.9 Å². The quantitative estimate of drug-likeness (QED) is 0.560. The molecule has 7 heteroatoms. The lowest BCUT2D eigenvalue weighted by Crippen LogP contribution is -2.67. The molecule has 1 aromatic carbocycles. The number of aromatic amines is 1. The minimum atomic E-state index is -0.655. The van der Waals surface area contributed by atoms with Gasteiger partial charge < -0.3 is 10.4 Å². The van der Waals surface area contributed by atoms with Crippen molar-refractivity contribution in [1.29, 1.82) is 0 Å². The van der Waals surface area contributed by atoms with E-state index in [0.717, 1.165) is 49.1 Å². The van der Waals surface area contributed by atoms with Crippen LogP contribution in [0.15, 0.2) is 24.3 Å². The number of nitrogens with zero attached hydrogens (tertiary/aromatic N) is 3. The number of hydrogen-bond acceptors (Lipinski definition) is 5. The first-order valence-electron chi connectivity index (χ1n) is 11.0. The lowest BCUT2D eigenvalue weighted by molar-refractivity contribution is 0.0165. The highest BCUT2D eigenvalue weighted by Crippen LogP contribution is 2.33. The molecule has 166 valence electrons. The number of fused-ring (bicyclic) bond motifs is 1. The van der Waals surface area contributed by atoms with Crippen molar-refractivity contribution in [2.24, 2.45) is 0 Å². The van der Waals surface area contributed by atoms with Crippen LogP contribution in [0.2, 0.25) is 0 Å². The highest BCUT2D eigenvalue weighted by molar-refractivity contribution is 5.84. The van der Waals surface area contributed by atoms with Crippen molar-refractivity contribution in [2.45, 2.75) is 65.1 Å². The standard InChI is InChI=1S/C24H32FN5O/c1-6-24(7-2)14-30(23(4,5)13-26-24)12-17-11-19(16-8-9-20(31)18(25)10-16)27-22-21(17)15(3)28-29-22/h8-11,26,31H,6-7,12-14H2,1-5H3,(H,27,28,29). The van der Waals surface area contributed by atoms with Crippen LogP contribution in [0.25, 0.3) is 22.3 Å². The van der Waals surface area contributed by atoms with Gasteiger partial charge in [0.25, 0.3) is 0 Å². The molecule has 0 unspecified atom stereocenters. The Kier molecular flexibility index (Phi) is 5.52. The number of H-pyrrole nitrogens is 1. The molecule has 1 saturated heterocycles. The monoisotopic (exact) mass is 425 g/mol. The molecule has 3 aromatic rings. The van der Waals surface area contributed by atoms with Gasteiger partial charge in [-0.05, 0) is 63.4 Å². The van der Waals surface area contributed by atoms with Crippen LogP contribution in [0, 0.1) is 12.7 Å². The molecule has 0 amide bonds. The van der Waals surface area contributed by atoms with Crippen LogP contribution < -0.4 is 5.32 Å². The minimum Gasteiger partial charge on any atom is -0.505 e. The summed E-state index contributed by atoms with van der Waals surface area (Å²) < 4.78 is 14.0. The summed E-state index contributed by atoms with van der Waals surface area (Å²) in [5.41, 5.74) is 4.10. The predicted molar refractivity (Wildman–Crippen MR) is 121 cm³/mol. The van der Waals surface area contributed by atoms with Gasteiger partial charge in [-0.2, -0.15) is 5.10 Å². The van der Waals surface area contributed by atoms with Crippen LogP contribution in [-0.2, 0) is 6.54 Å². The molecular weight excluding hydrogens is 393 g/mol. The van der Waals surface area contributed by atoms with Crippen molar-refractivity contribution in [3.8, 4) is 17.0 Å². The predicted octanol–water partition coefficient (Wildman–Crippen LogP) is 4.52. The summed E-state index contributed by atoms with van der Waals surface area (Å²) in [6, 6.07) is 6.40. The molecular formula is C24H32FN5O. The molecule has 6 nitrogen and oxygen atoms in total. The Morgan fingerprint density at radius 2 is 1.94 bits per heavy atom. The van der Waals surface area contributed by atoms with Crippen molar-refractivity contribution >= 4 is 11.0 Å². The Bertz CT molecular complexity index is 1100. The van der Waals surface area contributed by atoms with Crippen molar-refractivity contribution in [1.82, 2.24) is 25.4 Å². The van der Waals surface area contributed by atoms with E-state index < -0.39 is 5.82 Å². The van der Waals surface area contributed by atoms with Gasteiger partial charge in [-0.3, -0.25) is 10.00 Å². The van der Waals surface area contributed by atoms with Gasteiger partial charge in [-0.25, -0.2) is 9.37 Å². The normalized spacial score (nSPS) is 18.5. The number of hydrogen-bond donors (Lipinski definition) is 3. The molecule has 31 heavy (non-hydrogen) atoms. The number of aromatic hydroxyl groups is 1. The van der Waals surface area contributed by atoms with Crippen LogP contribution in [-0.4, -0.2) is 49.4 Å². The second-order valence-electron chi connectivity index (χ2n) is 9.39. The summed E-state index contributed by atoms with van der Waals surface area (Å²) in [6.45, 7) is 13.7. The van der Waals surface area contributed by atoms with E-state index in [4.69, 9.17) is 0 Å². The van der Waals surface area contributed by atoms with E-state index in [9.17, 15) is 9.50 Å². The van der Waals surface area contributed by atoms with E-state index in [1.54, 1.807) is 6.07 Å². The summed E-state index contributed by atoms with van der Waals surface area (Å²) in [6.07, 6.45) is 2.15. The Labute approximate surface area is 182 Å². The van der Waals surface area contributed by atoms with E-state index in [-0.39, 0.29) is 16.8 Å². The molecule has 0 bridgehead atoms. The number of aromatic nitrogens is 3. The van der Waals surface area contributed by atoms with Gasteiger partial charge in [0.1, 0.15) is 0 Å². The Morgan fingerprint density at radius 1 is 1.19 bits per heavy atom. The third kappa shape index (κ3) is 3.92. The van der Waals surface area contributed by atoms with E-state index in [2.05, 4.69) is 53.1 Å². The second kappa shape index (κ2) is 7.88. The number of phenols is 1. The molecule has 3 N–H and O–H groups in total. The van der Waals surface area contributed by atoms with Crippen molar-refractivity contribution in [3.05, 3.63) is 41.3 Å².